The monoisotopic (exact) mass is 702 g/mol. The fourth-order valence-electron chi connectivity index (χ4n) is 9.30. The van der Waals surface area contributed by atoms with Gasteiger partial charge in [-0.15, -0.1) is 0 Å². The zero-order chi connectivity index (χ0) is 36.0. The molecule has 0 radical (unpaired) electrons. The van der Waals surface area contributed by atoms with E-state index in [4.69, 9.17) is 4.42 Å². The Morgan fingerprint density at radius 1 is 0.418 bits per heavy atom. The molecule has 258 valence electrons. The third-order valence-corrected chi connectivity index (χ3v) is 11.7. The van der Waals surface area contributed by atoms with E-state index in [1.807, 2.05) is 0 Å². The van der Waals surface area contributed by atoms with E-state index in [-0.39, 0.29) is 0 Å². The number of rotatable bonds is 4. The topological polar surface area (TPSA) is 23.0 Å². The minimum atomic E-state index is 0.940. The van der Waals surface area contributed by atoms with Gasteiger partial charge < -0.3 is 13.6 Å². The molecule has 0 saturated heterocycles. The Morgan fingerprint density at radius 2 is 1.07 bits per heavy atom. The van der Waals surface area contributed by atoms with Crippen LogP contribution in [0.1, 0.15) is 12.8 Å². The summed E-state index contributed by atoms with van der Waals surface area (Å²) in [5, 5.41) is 9.80. The van der Waals surface area contributed by atoms with E-state index in [0.717, 1.165) is 35.1 Å². The van der Waals surface area contributed by atoms with Crippen LogP contribution in [0.15, 0.2) is 174 Å². The molecule has 3 nitrogen and oxygen atoms in total. The van der Waals surface area contributed by atoms with Gasteiger partial charge in [0.15, 0.2) is 0 Å². The van der Waals surface area contributed by atoms with E-state index in [1.54, 1.807) is 0 Å². The maximum atomic E-state index is 6.89. The van der Waals surface area contributed by atoms with Crippen LogP contribution in [0.25, 0.3) is 111 Å². The minimum absolute atomic E-state index is 0.940. The van der Waals surface area contributed by atoms with Gasteiger partial charge in [-0.2, -0.15) is 0 Å². The molecule has 3 heterocycles. The largest absolute Gasteiger partial charge is 0.456 e. The summed E-state index contributed by atoms with van der Waals surface area (Å²) in [7, 11) is 0. The zero-order valence-corrected chi connectivity index (χ0v) is 30.0. The number of para-hydroxylation sites is 3. The lowest BCUT2D eigenvalue weighted by Crippen LogP contribution is -2.22. The van der Waals surface area contributed by atoms with Gasteiger partial charge in [-0.05, 0) is 101 Å². The standard InChI is InChI=1S/C52H34N2O/c1-2-15-36(16-3-1)53-45-22-9-7-19-40(45)44-31-34(26-29-47(44)53)35-25-27-41-39-18-6-10-23-46(39)54(49(41)32-35)48-30-28-42(38-21-12-14-33-13-4-5-17-37(33)38)52-51(48)43-20-8-11-24-50(43)55-52/h1-7,9-10,12-32H,8,11H2. The van der Waals surface area contributed by atoms with Crippen LogP contribution in [0.3, 0.4) is 0 Å². The molecule has 0 spiro atoms. The molecule has 0 saturated carbocycles. The summed E-state index contributed by atoms with van der Waals surface area (Å²) >= 11 is 0. The van der Waals surface area contributed by atoms with Crippen LogP contribution < -0.4 is 10.6 Å². The third-order valence-electron chi connectivity index (χ3n) is 11.7. The number of hydrogen-bond acceptors (Lipinski definition) is 1. The molecule has 0 unspecified atom stereocenters. The van der Waals surface area contributed by atoms with E-state index in [0.29, 0.717) is 0 Å². The average molecular weight is 703 g/mol. The van der Waals surface area contributed by atoms with Gasteiger partial charge in [0.1, 0.15) is 11.0 Å². The Hall–Kier alpha value is -7.10. The molecular weight excluding hydrogens is 669 g/mol. The van der Waals surface area contributed by atoms with Crippen LogP contribution in [-0.4, -0.2) is 9.13 Å². The summed E-state index contributed by atoms with van der Waals surface area (Å²) < 4.78 is 11.7. The molecule has 0 amide bonds. The first-order valence-electron chi connectivity index (χ1n) is 19.2. The Labute approximate surface area is 316 Å². The predicted molar refractivity (Wildman–Crippen MR) is 231 cm³/mol. The molecule has 0 N–H and O–H groups in total. The molecule has 3 aromatic heterocycles. The second-order valence-electron chi connectivity index (χ2n) is 14.7. The van der Waals surface area contributed by atoms with E-state index in [2.05, 4.69) is 191 Å². The highest BCUT2D eigenvalue weighted by Crippen LogP contribution is 2.41. The molecule has 8 aromatic carbocycles. The molecule has 0 atom stereocenters. The number of nitrogens with zero attached hydrogens (tertiary/aromatic N) is 2. The summed E-state index contributed by atoms with van der Waals surface area (Å²) in [6.45, 7) is 0. The van der Waals surface area contributed by atoms with Gasteiger partial charge in [0.05, 0.1) is 33.1 Å². The zero-order valence-electron chi connectivity index (χ0n) is 30.0. The number of fused-ring (bicyclic) bond motifs is 10. The lowest BCUT2D eigenvalue weighted by atomic mass is 9.96. The highest BCUT2D eigenvalue weighted by molar-refractivity contribution is 6.14. The fraction of sp³-hybridized carbons (Fsp3) is 0.0385. The van der Waals surface area contributed by atoms with E-state index < -0.39 is 0 Å². The van der Waals surface area contributed by atoms with Gasteiger partial charge in [0.2, 0.25) is 0 Å². The van der Waals surface area contributed by atoms with Crippen LogP contribution in [0, 0.1) is 0 Å². The van der Waals surface area contributed by atoms with Crippen LogP contribution in [0.4, 0.5) is 0 Å². The Kier molecular flexibility index (Phi) is 6.46. The van der Waals surface area contributed by atoms with Crippen LogP contribution in [0.2, 0.25) is 0 Å². The van der Waals surface area contributed by atoms with Crippen molar-refractivity contribution < 1.29 is 4.42 Å². The summed E-state index contributed by atoms with van der Waals surface area (Å²) in [6.07, 6.45) is 6.62. The highest BCUT2D eigenvalue weighted by atomic mass is 16.3. The normalized spacial score (nSPS) is 12.9. The lowest BCUT2D eigenvalue weighted by Gasteiger charge is -2.14. The first kappa shape index (κ1) is 30.4. The summed E-state index contributed by atoms with van der Waals surface area (Å²) in [5.74, 6) is 0. The van der Waals surface area contributed by atoms with E-state index in [9.17, 15) is 0 Å². The Morgan fingerprint density at radius 3 is 1.95 bits per heavy atom. The highest BCUT2D eigenvalue weighted by Gasteiger charge is 2.22. The third kappa shape index (κ3) is 4.44. The van der Waals surface area contributed by atoms with Gasteiger partial charge in [0, 0.05) is 38.0 Å². The molecule has 0 bridgehead atoms. The molecule has 0 aliphatic heterocycles. The number of furan rings is 1. The second kappa shape index (κ2) is 11.7. The van der Waals surface area contributed by atoms with Crippen molar-refractivity contribution in [2.75, 3.05) is 0 Å². The Bertz CT molecular complexity index is 3480. The van der Waals surface area contributed by atoms with Crippen molar-refractivity contribution in [1.82, 2.24) is 9.13 Å². The van der Waals surface area contributed by atoms with E-state index in [1.165, 1.54) is 87.4 Å². The van der Waals surface area contributed by atoms with Crippen molar-refractivity contribution >= 4 is 77.5 Å². The summed E-state index contributed by atoms with van der Waals surface area (Å²) in [5.41, 5.74) is 13.7. The summed E-state index contributed by atoms with van der Waals surface area (Å²) in [4.78, 5) is 0. The molecule has 12 rings (SSSR count). The van der Waals surface area contributed by atoms with Crippen molar-refractivity contribution in [2.45, 2.75) is 12.8 Å². The minimum Gasteiger partial charge on any atom is -0.456 e. The van der Waals surface area contributed by atoms with Gasteiger partial charge >= 0.3 is 0 Å². The van der Waals surface area contributed by atoms with Crippen molar-refractivity contribution in [1.29, 1.82) is 0 Å². The first-order chi connectivity index (χ1) is 27.3. The molecule has 11 aromatic rings. The number of hydrogen-bond donors (Lipinski definition) is 0. The van der Waals surface area contributed by atoms with Gasteiger partial charge in [-0.25, -0.2) is 0 Å². The molecule has 55 heavy (non-hydrogen) atoms. The molecule has 0 fully saturated rings. The van der Waals surface area contributed by atoms with Crippen LogP contribution >= 0.6 is 0 Å². The second-order valence-corrected chi connectivity index (χ2v) is 14.7. The van der Waals surface area contributed by atoms with Crippen molar-refractivity contribution in [2.24, 2.45) is 0 Å². The number of aromatic nitrogens is 2. The fourth-order valence-corrected chi connectivity index (χ4v) is 9.30. The molecule has 1 aliphatic rings. The maximum absolute atomic E-state index is 6.89. The van der Waals surface area contributed by atoms with Gasteiger partial charge in [0.25, 0.3) is 0 Å². The predicted octanol–water partition coefficient (Wildman–Crippen LogP) is 12.5. The van der Waals surface area contributed by atoms with Crippen LogP contribution in [-0.2, 0) is 0 Å². The quantitative estimate of drug-likeness (QED) is 0.179. The van der Waals surface area contributed by atoms with Gasteiger partial charge in [-0.1, -0.05) is 121 Å². The van der Waals surface area contributed by atoms with Gasteiger partial charge in [-0.3, -0.25) is 0 Å². The Balaban J connectivity index is 1.12. The maximum Gasteiger partial charge on any atom is 0.145 e. The molecule has 3 heteroatoms. The number of benzene rings is 8. The molecule has 1 aliphatic carbocycles. The SMILES string of the molecule is C1=c2oc3c(-c4cccc5ccccc45)ccc(-n4c5ccccc5c5ccc(-c6ccc7c(c6)c6ccccc6n7-c6ccccc6)cc54)c3c2=CCC1. The average Bonchev–Trinajstić information content (AvgIpc) is 3.91. The first-order valence-corrected chi connectivity index (χ1v) is 19.2. The van der Waals surface area contributed by atoms with E-state index >= 15 is 0 Å². The lowest BCUT2D eigenvalue weighted by molar-refractivity contribution is 0.572. The van der Waals surface area contributed by atoms with Crippen molar-refractivity contribution in [3.63, 3.8) is 0 Å². The van der Waals surface area contributed by atoms with Crippen LogP contribution in [0.5, 0.6) is 0 Å². The van der Waals surface area contributed by atoms with Crippen molar-refractivity contribution in [3.05, 3.63) is 180 Å². The smallest absolute Gasteiger partial charge is 0.145 e. The molecular formula is C52H34N2O. The van der Waals surface area contributed by atoms with Crippen molar-refractivity contribution in [3.8, 4) is 33.6 Å². The summed E-state index contributed by atoms with van der Waals surface area (Å²) in [6, 6.07) is 62.0.